The molecular formula is C16H15FN2O. The van der Waals surface area contributed by atoms with Crippen molar-refractivity contribution < 1.29 is 9.13 Å². The molecule has 102 valence electrons. The summed E-state index contributed by atoms with van der Waals surface area (Å²) in [4.78, 5) is 0. The standard InChI is InChI=1S/C16H15FN2O/c1-20-13-7-8-14(17)16(11-13)19-15(9-10-18)12-5-3-2-4-6-12/h2-8,11,15,19H,9H2,1H3. The summed E-state index contributed by atoms with van der Waals surface area (Å²) in [5, 5.41) is 12.0. The van der Waals surface area contributed by atoms with Gasteiger partial charge in [-0.05, 0) is 17.7 Å². The molecule has 0 aliphatic carbocycles. The zero-order valence-electron chi connectivity index (χ0n) is 11.1. The van der Waals surface area contributed by atoms with Crippen molar-refractivity contribution in [1.82, 2.24) is 0 Å². The number of ether oxygens (including phenoxy) is 1. The zero-order chi connectivity index (χ0) is 14.4. The van der Waals surface area contributed by atoms with Gasteiger partial charge in [0.1, 0.15) is 11.6 Å². The highest BCUT2D eigenvalue weighted by molar-refractivity contribution is 5.51. The van der Waals surface area contributed by atoms with E-state index < -0.39 is 0 Å². The normalized spacial score (nSPS) is 11.4. The first-order valence-electron chi connectivity index (χ1n) is 6.26. The highest BCUT2D eigenvalue weighted by Gasteiger charge is 2.13. The fourth-order valence-electron chi connectivity index (χ4n) is 1.96. The molecular weight excluding hydrogens is 255 g/mol. The van der Waals surface area contributed by atoms with Crippen molar-refractivity contribution in [2.24, 2.45) is 0 Å². The van der Waals surface area contributed by atoms with Crippen molar-refractivity contribution in [2.45, 2.75) is 12.5 Å². The molecule has 0 aliphatic rings. The summed E-state index contributed by atoms with van der Waals surface area (Å²) in [6.45, 7) is 0. The van der Waals surface area contributed by atoms with Crippen molar-refractivity contribution in [2.75, 3.05) is 12.4 Å². The van der Waals surface area contributed by atoms with Crippen molar-refractivity contribution in [1.29, 1.82) is 5.26 Å². The van der Waals surface area contributed by atoms with Crippen molar-refractivity contribution in [3.8, 4) is 11.8 Å². The molecule has 20 heavy (non-hydrogen) atoms. The maximum Gasteiger partial charge on any atom is 0.146 e. The smallest absolute Gasteiger partial charge is 0.146 e. The lowest BCUT2D eigenvalue weighted by atomic mass is 10.0. The lowest BCUT2D eigenvalue weighted by molar-refractivity contribution is 0.414. The lowest BCUT2D eigenvalue weighted by Crippen LogP contribution is -2.11. The van der Waals surface area contributed by atoms with E-state index in [1.807, 2.05) is 30.3 Å². The Kier molecular flexibility index (Phi) is 4.56. The van der Waals surface area contributed by atoms with Crippen LogP contribution in [0.25, 0.3) is 0 Å². The van der Waals surface area contributed by atoms with E-state index in [0.29, 0.717) is 11.4 Å². The number of benzene rings is 2. The van der Waals surface area contributed by atoms with Gasteiger partial charge in [0.05, 0.1) is 31.3 Å². The minimum atomic E-state index is -0.371. The van der Waals surface area contributed by atoms with Gasteiger partial charge in [-0.1, -0.05) is 30.3 Å². The van der Waals surface area contributed by atoms with Crippen LogP contribution in [0.1, 0.15) is 18.0 Å². The highest BCUT2D eigenvalue weighted by atomic mass is 19.1. The first kappa shape index (κ1) is 13.9. The summed E-state index contributed by atoms with van der Waals surface area (Å²) in [6.07, 6.45) is 0.251. The second-order valence-electron chi connectivity index (χ2n) is 4.32. The Labute approximate surface area is 117 Å². The number of nitrogens with zero attached hydrogens (tertiary/aromatic N) is 1. The van der Waals surface area contributed by atoms with Gasteiger partial charge in [0, 0.05) is 6.07 Å². The Hall–Kier alpha value is -2.54. The monoisotopic (exact) mass is 270 g/mol. The van der Waals surface area contributed by atoms with Gasteiger partial charge in [-0.15, -0.1) is 0 Å². The fraction of sp³-hybridized carbons (Fsp3) is 0.188. The number of halogens is 1. The van der Waals surface area contributed by atoms with E-state index in [1.165, 1.54) is 13.2 Å². The Morgan fingerprint density at radius 1 is 1.25 bits per heavy atom. The van der Waals surface area contributed by atoms with Gasteiger partial charge in [-0.2, -0.15) is 5.26 Å². The maximum atomic E-state index is 13.8. The number of methoxy groups -OCH3 is 1. The molecule has 1 atom stereocenters. The summed E-state index contributed by atoms with van der Waals surface area (Å²) in [7, 11) is 1.53. The summed E-state index contributed by atoms with van der Waals surface area (Å²) < 4.78 is 18.9. The summed E-state index contributed by atoms with van der Waals surface area (Å²) >= 11 is 0. The third kappa shape index (κ3) is 3.27. The molecule has 1 unspecified atom stereocenters. The molecule has 0 heterocycles. The summed E-state index contributed by atoms with van der Waals surface area (Å²) in [5.74, 6) is 0.197. The Balaban J connectivity index is 2.27. The number of anilines is 1. The van der Waals surface area contributed by atoms with Crippen LogP contribution in [0, 0.1) is 17.1 Å². The minimum absolute atomic E-state index is 0.251. The quantitative estimate of drug-likeness (QED) is 0.896. The van der Waals surface area contributed by atoms with Crippen LogP contribution in [-0.4, -0.2) is 7.11 Å². The van der Waals surface area contributed by atoms with E-state index in [-0.39, 0.29) is 18.3 Å². The molecule has 0 fully saturated rings. The first-order valence-corrected chi connectivity index (χ1v) is 6.26. The predicted molar refractivity (Wildman–Crippen MR) is 76.0 cm³/mol. The molecule has 2 aromatic rings. The van der Waals surface area contributed by atoms with Gasteiger partial charge in [-0.3, -0.25) is 0 Å². The Morgan fingerprint density at radius 2 is 2.00 bits per heavy atom. The zero-order valence-corrected chi connectivity index (χ0v) is 11.1. The van der Waals surface area contributed by atoms with Gasteiger partial charge in [0.15, 0.2) is 0 Å². The molecule has 3 nitrogen and oxygen atoms in total. The van der Waals surface area contributed by atoms with E-state index in [0.717, 1.165) is 5.56 Å². The summed E-state index contributed by atoms with van der Waals surface area (Å²) in [5.41, 5.74) is 1.27. The molecule has 4 heteroatoms. The number of rotatable bonds is 5. The maximum absolute atomic E-state index is 13.8. The SMILES string of the molecule is COc1ccc(F)c(NC(CC#N)c2ccccc2)c1. The minimum Gasteiger partial charge on any atom is -0.497 e. The van der Waals surface area contributed by atoms with E-state index in [1.54, 1.807) is 12.1 Å². The highest BCUT2D eigenvalue weighted by Crippen LogP contribution is 2.27. The fourth-order valence-corrected chi connectivity index (χ4v) is 1.96. The first-order chi connectivity index (χ1) is 9.74. The molecule has 0 saturated carbocycles. The van der Waals surface area contributed by atoms with Crippen LogP contribution in [0.5, 0.6) is 5.75 Å². The van der Waals surface area contributed by atoms with Crippen LogP contribution in [0.4, 0.5) is 10.1 Å². The topological polar surface area (TPSA) is 45.0 Å². The molecule has 2 aromatic carbocycles. The largest absolute Gasteiger partial charge is 0.497 e. The average molecular weight is 270 g/mol. The molecule has 0 aliphatic heterocycles. The molecule has 0 spiro atoms. The van der Waals surface area contributed by atoms with Crippen molar-refractivity contribution >= 4 is 5.69 Å². The summed E-state index contributed by atoms with van der Waals surface area (Å²) in [6, 6.07) is 15.8. The second-order valence-corrected chi connectivity index (χ2v) is 4.32. The lowest BCUT2D eigenvalue weighted by Gasteiger charge is -2.18. The molecule has 0 aromatic heterocycles. The Bertz CT molecular complexity index is 608. The van der Waals surface area contributed by atoms with Gasteiger partial charge in [0.2, 0.25) is 0 Å². The van der Waals surface area contributed by atoms with Crippen LogP contribution >= 0.6 is 0 Å². The number of nitriles is 1. The van der Waals surface area contributed by atoms with Crippen LogP contribution in [0.2, 0.25) is 0 Å². The molecule has 0 radical (unpaired) electrons. The molecule has 0 saturated heterocycles. The molecule has 1 N–H and O–H groups in total. The van der Waals surface area contributed by atoms with E-state index in [9.17, 15) is 4.39 Å². The van der Waals surface area contributed by atoms with Crippen molar-refractivity contribution in [3.63, 3.8) is 0 Å². The number of hydrogen-bond acceptors (Lipinski definition) is 3. The Morgan fingerprint density at radius 3 is 2.65 bits per heavy atom. The van der Waals surface area contributed by atoms with E-state index in [4.69, 9.17) is 10.00 Å². The van der Waals surface area contributed by atoms with Crippen molar-refractivity contribution in [3.05, 3.63) is 59.9 Å². The third-order valence-electron chi connectivity index (χ3n) is 3.00. The van der Waals surface area contributed by atoms with Crippen LogP contribution < -0.4 is 10.1 Å². The van der Waals surface area contributed by atoms with Gasteiger partial charge in [0.25, 0.3) is 0 Å². The van der Waals surface area contributed by atoms with E-state index in [2.05, 4.69) is 11.4 Å². The van der Waals surface area contributed by atoms with Crippen LogP contribution in [0.3, 0.4) is 0 Å². The number of hydrogen-bond donors (Lipinski definition) is 1. The third-order valence-corrected chi connectivity index (χ3v) is 3.00. The number of nitrogens with one attached hydrogen (secondary N) is 1. The van der Waals surface area contributed by atoms with Gasteiger partial charge in [-0.25, -0.2) is 4.39 Å². The van der Waals surface area contributed by atoms with Crippen LogP contribution in [0.15, 0.2) is 48.5 Å². The average Bonchev–Trinajstić information content (AvgIpc) is 2.49. The van der Waals surface area contributed by atoms with Gasteiger partial charge < -0.3 is 10.1 Å². The molecule has 0 amide bonds. The predicted octanol–water partition coefficient (Wildman–Crippen LogP) is 3.90. The second kappa shape index (κ2) is 6.58. The molecule has 2 rings (SSSR count). The molecule has 0 bridgehead atoms. The van der Waals surface area contributed by atoms with Crippen LogP contribution in [-0.2, 0) is 0 Å². The van der Waals surface area contributed by atoms with Gasteiger partial charge >= 0.3 is 0 Å². The van der Waals surface area contributed by atoms with E-state index >= 15 is 0 Å².